The Morgan fingerprint density at radius 3 is 2.76 bits per heavy atom. The molecule has 2 unspecified atom stereocenters. The summed E-state index contributed by atoms with van der Waals surface area (Å²) < 4.78 is 6.73. The molecule has 1 aromatic rings. The molecular formula is C18H26BrNO. The maximum Gasteiger partial charge on any atom is 0.122 e. The molecule has 2 aliphatic rings. The molecule has 2 fully saturated rings. The molecule has 116 valence electrons. The fraction of sp³-hybridized carbons (Fsp3) is 0.667. The van der Waals surface area contributed by atoms with E-state index in [0.717, 1.165) is 41.6 Å². The normalized spacial score (nSPS) is 30.2. The molecule has 0 radical (unpaired) electrons. The molecule has 0 spiro atoms. The molecule has 1 aromatic carbocycles. The van der Waals surface area contributed by atoms with Gasteiger partial charge in [-0.3, -0.25) is 0 Å². The Hall–Kier alpha value is -0.540. The van der Waals surface area contributed by atoms with Crippen LogP contribution in [0.1, 0.15) is 38.2 Å². The van der Waals surface area contributed by atoms with Gasteiger partial charge in [-0.2, -0.15) is 0 Å². The van der Waals surface area contributed by atoms with E-state index in [-0.39, 0.29) is 0 Å². The van der Waals surface area contributed by atoms with Gasteiger partial charge < -0.3 is 10.1 Å². The van der Waals surface area contributed by atoms with Gasteiger partial charge >= 0.3 is 0 Å². The number of methoxy groups -OCH3 is 1. The lowest BCUT2D eigenvalue weighted by Gasteiger charge is -2.32. The van der Waals surface area contributed by atoms with E-state index in [1.165, 1.54) is 31.2 Å². The zero-order chi connectivity index (χ0) is 14.9. The van der Waals surface area contributed by atoms with E-state index in [0.29, 0.717) is 5.41 Å². The Bertz CT molecular complexity index is 492. The number of hydrogen-bond donors (Lipinski definition) is 1. The number of ether oxygens (including phenoxy) is 1. The third kappa shape index (κ3) is 3.45. The summed E-state index contributed by atoms with van der Waals surface area (Å²) in [5, 5.41) is 3.68. The molecule has 21 heavy (non-hydrogen) atoms. The maximum absolute atomic E-state index is 5.58. The fourth-order valence-corrected chi connectivity index (χ4v) is 4.59. The van der Waals surface area contributed by atoms with Crippen molar-refractivity contribution in [3.63, 3.8) is 0 Å². The van der Waals surface area contributed by atoms with Crippen LogP contribution in [0, 0.1) is 17.3 Å². The topological polar surface area (TPSA) is 21.3 Å². The third-order valence-corrected chi connectivity index (χ3v) is 5.69. The highest BCUT2D eigenvalue weighted by atomic mass is 79.9. The quantitative estimate of drug-likeness (QED) is 0.734. The van der Waals surface area contributed by atoms with Gasteiger partial charge in [-0.1, -0.05) is 22.9 Å². The molecule has 0 aliphatic heterocycles. The minimum absolute atomic E-state index is 0.441. The first-order chi connectivity index (χ1) is 10.2. The Morgan fingerprint density at radius 2 is 2.10 bits per heavy atom. The highest BCUT2D eigenvalue weighted by Gasteiger charge is 2.53. The standard InChI is InChI=1S/C18H26BrNO/c1-3-6-20-12-18(9-13-7-14(13)10-18)11-15-8-16(19)4-5-17(15)21-2/h4-5,8,13-14,20H,3,6-7,9-12H2,1-2H3. The zero-order valence-corrected chi connectivity index (χ0v) is 14.7. The first kappa shape index (κ1) is 15.4. The van der Waals surface area contributed by atoms with Crippen LogP contribution < -0.4 is 10.1 Å². The van der Waals surface area contributed by atoms with Crippen molar-refractivity contribution in [3.8, 4) is 5.75 Å². The second-order valence-electron chi connectivity index (χ2n) is 6.97. The van der Waals surface area contributed by atoms with E-state index in [2.05, 4.69) is 46.4 Å². The zero-order valence-electron chi connectivity index (χ0n) is 13.1. The lowest BCUT2D eigenvalue weighted by atomic mass is 9.77. The van der Waals surface area contributed by atoms with Crippen molar-refractivity contribution in [3.05, 3.63) is 28.2 Å². The molecule has 0 heterocycles. The molecule has 0 bridgehead atoms. The number of fused-ring (bicyclic) bond motifs is 1. The van der Waals surface area contributed by atoms with Crippen LogP contribution in [0.3, 0.4) is 0 Å². The summed E-state index contributed by atoms with van der Waals surface area (Å²) in [5.41, 5.74) is 1.79. The van der Waals surface area contributed by atoms with Crippen LogP contribution >= 0.6 is 15.9 Å². The van der Waals surface area contributed by atoms with Gasteiger partial charge in [-0.25, -0.2) is 0 Å². The fourth-order valence-electron chi connectivity index (χ4n) is 4.18. The number of nitrogens with one attached hydrogen (secondary N) is 1. The summed E-state index contributed by atoms with van der Waals surface area (Å²) >= 11 is 3.61. The molecule has 2 nitrogen and oxygen atoms in total. The summed E-state index contributed by atoms with van der Waals surface area (Å²) in [6, 6.07) is 6.39. The van der Waals surface area contributed by atoms with Crippen LogP contribution in [0.15, 0.2) is 22.7 Å². The van der Waals surface area contributed by atoms with Crippen molar-refractivity contribution in [1.82, 2.24) is 5.32 Å². The predicted molar refractivity (Wildman–Crippen MR) is 90.8 cm³/mol. The lowest BCUT2D eigenvalue weighted by Crippen LogP contribution is -2.35. The number of hydrogen-bond acceptors (Lipinski definition) is 2. The summed E-state index contributed by atoms with van der Waals surface area (Å²) in [5.74, 6) is 3.05. The molecule has 2 atom stereocenters. The number of benzene rings is 1. The van der Waals surface area contributed by atoms with Gasteiger partial charge in [-0.15, -0.1) is 0 Å². The molecule has 2 aliphatic carbocycles. The average molecular weight is 352 g/mol. The van der Waals surface area contributed by atoms with Crippen LogP contribution in [0.25, 0.3) is 0 Å². The van der Waals surface area contributed by atoms with Crippen LogP contribution in [0.4, 0.5) is 0 Å². The average Bonchev–Trinajstić information content (AvgIpc) is 3.07. The first-order valence-corrected chi connectivity index (χ1v) is 8.98. The Labute approximate surface area is 136 Å². The maximum atomic E-state index is 5.58. The Kier molecular flexibility index (Phi) is 4.60. The van der Waals surface area contributed by atoms with Gasteiger partial charge in [0, 0.05) is 11.0 Å². The molecule has 2 saturated carbocycles. The minimum atomic E-state index is 0.441. The highest BCUT2D eigenvalue weighted by molar-refractivity contribution is 9.10. The SMILES string of the molecule is CCCNCC1(Cc2cc(Br)ccc2OC)CC2CC2C1. The van der Waals surface area contributed by atoms with Crippen LogP contribution in [0.5, 0.6) is 5.75 Å². The van der Waals surface area contributed by atoms with Crippen molar-refractivity contribution in [1.29, 1.82) is 0 Å². The van der Waals surface area contributed by atoms with Crippen molar-refractivity contribution in [2.45, 2.75) is 39.0 Å². The van der Waals surface area contributed by atoms with E-state index in [1.54, 1.807) is 7.11 Å². The van der Waals surface area contributed by atoms with Crippen molar-refractivity contribution >= 4 is 15.9 Å². The summed E-state index contributed by atoms with van der Waals surface area (Å²) in [7, 11) is 1.78. The monoisotopic (exact) mass is 351 g/mol. The highest BCUT2D eigenvalue weighted by Crippen LogP contribution is 2.61. The smallest absolute Gasteiger partial charge is 0.122 e. The molecule has 3 rings (SSSR count). The van der Waals surface area contributed by atoms with Crippen molar-refractivity contribution in [2.24, 2.45) is 17.3 Å². The van der Waals surface area contributed by atoms with Gasteiger partial charge in [0.2, 0.25) is 0 Å². The molecule has 0 saturated heterocycles. The molecular weight excluding hydrogens is 326 g/mol. The second-order valence-corrected chi connectivity index (χ2v) is 7.89. The van der Waals surface area contributed by atoms with Crippen LogP contribution in [-0.2, 0) is 6.42 Å². The number of rotatable bonds is 7. The second kappa shape index (κ2) is 6.29. The summed E-state index contributed by atoms with van der Waals surface area (Å²) in [6.07, 6.45) is 6.61. The van der Waals surface area contributed by atoms with Crippen LogP contribution in [-0.4, -0.2) is 20.2 Å². The Balaban J connectivity index is 1.76. The lowest BCUT2D eigenvalue weighted by molar-refractivity contribution is 0.245. The van der Waals surface area contributed by atoms with E-state index in [4.69, 9.17) is 4.74 Å². The number of halogens is 1. The van der Waals surface area contributed by atoms with E-state index < -0.39 is 0 Å². The molecule has 1 N–H and O–H groups in total. The van der Waals surface area contributed by atoms with Gasteiger partial charge in [0.15, 0.2) is 0 Å². The summed E-state index contributed by atoms with van der Waals surface area (Å²) in [4.78, 5) is 0. The molecule has 0 aromatic heterocycles. The molecule has 0 amide bonds. The predicted octanol–water partition coefficient (Wildman–Crippen LogP) is 4.42. The van der Waals surface area contributed by atoms with Crippen molar-refractivity contribution < 1.29 is 4.74 Å². The van der Waals surface area contributed by atoms with Crippen molar-refractivity contribution in [2.75, 3.05) is 20.2 Å². The Morgan fingerprint density at radius 1 is 1.33 bits per heavy atom. The van der Waals surface area contributed by atoms with Gasteiger partial charge in [-0.05, 0) is 79.7 Å². The third-order valence-electron chi connectivity index (χ3n) is 5.19. The van der Waals surface area contributed by atoms with Gasteiger partial charge in [0.05, 0.1) is 7.11 Å². The summed E-state index contributed by atoms with van der Waals surface area (Å²) in [6.45, 7) is 4.53. The molecule has 3 heteroatoms. The minimum Gasteiger partial charge on any atom is -0.496 e. The van der Waals surface area contributed by atoms with E-state index >= 15 is 0 Å². The van der Waals surface area contributed by atoms with Gasteiger partial charge in [0.25, 0.3) is 0 Å². The van der Waals surface area contributed by atoms with Gasteiger partial charge in [0.1, 0.15) is 5.75 Å². The first-order valence-electron chi connectivity index (χ1n) is 8.19. The largest absolute Gasteiger partial charge is 0.496 e. The van der Waals surface area contributed by atoms with E-state index in [9.17, 15) is 0 Å². The van der Waals surface area contributed by atoms with Crippen LogP contribution in [0.2, 0.25) is 0 Å². The van der Waals surface area contributed by atoms with E-state index in [1.807, 2.05) is 0 Å².